The number of hydrogen-bond acceptors (Lipinski definition) is 11. The molecule has 6 aliphatic rings. The lowest BCUT2D eigenvalue weighted by atomic mass is 9.49. The summed E-state index contributed by atoms with van der Waals surface area (Å²) in [6.07, 6.45) is 19.0. The number of nitrogens with zero attached hydrogens (tertiary/aromatic N) is 6. The number of para-hydroxylation sites is 1. The first kappa shape index (κ1) is 53.7. The number of terminal acetylenes is 1. The maximum Gasteiger partial charge on any atom is 0.245 e. The number of aromatic hydroxyl groups is 1. The van der Waals surface area contributed by atoms with Crippen LogP contribution in [0.25, 0.3) is 0 Å². The average Bonchev–Trinajstić information content (AvgIpc) is 3.78. The zero-order valence-electron chi connectivity index (χ0n) is 43.0. The molecule has 4 aliphatic heterocycles. The van der Waals surface area contributed by atoms with Gasteiger partial charge in [-0.25, -0.2) is 0 Å². The third-order valence-corrected chi connectivity index (χ3v) is 16.7. The molecule has 1 spiro atoms. The monoisotopic (exact) mass is 995 g/mol. The van der Waals surface area contributed by atoms with Gasteiger partial charge >= 0.3 is 0 Å². The summed E-state index contributed by atoms with van der Waals surface area (Å²) in [5, 5.41) is 25.1. The number of halogens is 1. The van der Waals surface area contributed by atoms with E-state index in [9.17, 15) is 19.5 Å². The molecule has 16 heteroatoms. The van der Waals surface area contributed by atoms with Crippen molar-refractivity contribution < 1.29 is 24.2 Å². The van der Waals surface area contributed by atoms with Gasteiger partial charge in [-0.15, -0.1) is 6.42 Å². The Morgan fingerprint density at radius 2 is 1.56 bits per heavy atom. The van der Waals surface area contributed by atoms with Crippen molar-refractivity contribution in [2.75, 3.05) is 73.1 Å². The lowest BCUT2D eigenvalue weighted by Gasteiger charge is -2.60. The van der Waals surface area contributed by atoms with E-state index >= 15 is 0 Å². The number of amidine groups is 1. The second-order valence-corrected chi connectivity index (χ2v) is 22.3. The van der Waals surface area contributed by atoms with Crippen LogP contribution in [-0.2, 0) is 20.9 Å². The lowest BCUT2D eigenvalue weighted by molar-refractivity contribution is -0.149. The molecule has 3 amide bonds. The van der Waals surface area contributed by atoms with Crippen LogP contribution in [-0.4, -0.2) is 163 Å². The second-order valence-electron chi connectivity index (χ2n) is 21.9. The number of hydrogen-bond donors (Lipinski definition) is 5. The van der Waals surface area contributed by atoms with E-state index < -0.39 is 6.04 Å². The van der Waals surface area contributed by atoms with Crippen molar-refractivity contribution >= 4 is 41.4 Å². The van der Waals surface area contributed by atoms with Gasteiger partial charge in [0.2, 0.25) is 18.2 Å². The van der Waals surface area contributed by atoms with Gasteiger partial charge in [-0.2, -0.15) is 0 Å². The summed E-state index contributed by atoms with van der Waals surface area (Å²) in [5.41, 5.74) is 9.18. The van der Waals surface area contributed by atoms with Crippen molar-refractivity contribution in [3.63, 3.8) is 0 Å². The van der Waals surface area contributed by atoms with Gasteiger partial charge in [-0.1, -0.05) is 50.4 Å². The summed E-state index contributed by atoms with van der Waals surface area (Å²) >= 11 is 6.00. The first-order chi connectivity index (χ1) is 34.0. The third kappa shape index (κ3) is 12.7. The third-order valence-electron chi connectivity index (χ3n) is 16.4. The minimum atomic E-state index is -0.465. The Morgan fingerprint density at radius 3 is 2.10 bits per heavy atom. The number of methoxy groups -OCH3 is 1. The maximum absolute atomic E-state index is 13.5. The lowest BCUT2D eigenvalue weighted by Crippen LogP contribution is -2.62. The van der Waals surface area contributed by atoms with Crippen LogP contribution in [0.5, 0.6) is 11.5 Å². The fourth-order valence-corrected chi connectivity index (χ4v) is 12.4. The van der Waals surface area contributed by atoms with E-state index in [0.717, 1.165) is 64.1 Å². The minimum Gasteiger partial charge on any atom is -0.507 e. The molecular formula is C55H79ClN10O5. The predicted octanol–water partition coefficient (Wildman–Crippen LogP) is 5.85. The quantitative estimate of drug-likeness (QED) is 0.0667. The summed E-state index contributed by atoms with van der Waals surface area (Å²) in [4.78, 5) is 53.7. The predicted molar refractivity (Wildman–Crippen MR) is 282 cm³/mol. The number of rotatable bonds is 14. The molecule has 2 atom stereocenters. The number of benzene rings is 2. The van der Waals surface area contributed by atoms with E-state index in [2.05, 4.69) is 68.8 Å². The van der Waals surface area contributed by atoms with Crippen LogP contribution < -0.4 is 21.1 Å². The van der Waals surface area contributed by atoms with Crippen molar-refractivity contribution in [1.29, 1.82) is 5.41 Å². The Kier molecular flexibility index (Phi) is 17.8. The van der Waals surface area contributed by atoms with Crippen LogP contribution in [0.2, 0.25) is 5.02 Å². The van der Waals surface area contributed by atoms with Gasteiger partial charge in [0.1, 0.15) is 23.4 Å². The number of carbonyl (C=O) groups excluding carboxylic acids is 3. The van der Waals surface area contributed by atoms with Gasteiger partial charge in [-0.3, -0.25) is 24.3 Å². The Labute approximate surface area is 427 Å². The number of amides is 3. The Balaban J connectivity index is 0.000000424. The van der Waals surface area contributed by atoms with Crippen LogP contribution in [0.3, 0.4) is 0 Å². The van der Waals surface area contributed by atoms with Crippen molar-refractivity contribution in [2.45, 2.75) is 129 Å². The Hall–Kier alpha value is -5.14. The van der Waals surface area contributed by atoms with Crippen molar-refractivity contribution in [2.24, 2.45) is 27.5 Å². The van der Waals surface area contributed by atoms with Crippen LogP contribution in [0, 0.1) is 34.5 Å². The molecule has 386 valence electrons. The first-order valence-electron chi connectivity index (χ1n) is 25.9. The van der Waals surface area contributed by atoms with Gasteiger partial charge in [0.05, 0.1) is 23.5 Å². The van der Waals surface area contributed by atoms with Gasteiger partial charge in [0, 0.05) is 93.1 Å². The first-order valence-corrected chi connectivity index (χ1v) is 26.2. The fraction of sp³-hybridized carbons (Fsp3) is 0.618. The number of piperazine rings is 1. The smallest absolute Gasteiger partial charge is 0.245 e. The molecule has 2 aromatic carbocycles. The zero-order valence-corrected chi connectivity index (χ0v) is 43.8. The van der Waals surface area contributed by atoms with Gasteiger partial charge in [-0.05, 0) is 138 Å². The van der Waals surface area contributed by atoms with Gasteiger partial charge in [0.25, 0.3) is 0 Å². The highest BCUT2D eigenvalue weighted by Gasteiger charge is 2.56. The van der Waals surface area contributed by atoms with E-state index in [1.54, 1.807) is 43.5 Å². The molecule has 6 fully saturated rings. The number of allylic oxidation sites excluding steroid dienone is 1. The molecule has 71 heavy (non-hydrogen) atoms. The molecule has 4 heterocycles. The molecule has 0 radical (unpaired) electrons. The number of carbonyl (C=O) groups is 3. The maximum atomic E-state index is 13.5. The zero-order chi connectivity index (χ0) is 51.0. The van der Waals surface area contributed by atoms with Crippen LogP contribution >= 0.6 is 11.6 Å². The van der Waals surface area contributed by atoms with Crippen molar-refractivity contribution in [3.05, 3.63) is 69.9 Å². The standard InChI is InChI=1S/C44H69N9O3.C11H10ClNO2/c1-30-9-8-16-53(30)42(56)39(43(2,3)4)48-41(55)31-26-44(27-31)28-34(29-44)50-19-14-32(15-20-50)49-17-12-33(13-18-49)51-21-23-52(24-22-51)37(40(46)47-5)25-36(45)35-10-6-7-11-38(35)54;1-3-8-4-10(12)9(6-13-7-14)11(5-8)15-2/h6-7,10-11,25,30-34,39,45,54H,8-9,12-24,26-29H2,1-5H3,(H2,46,47)(H,48,55);1,4-5,7H,6H2,2H3,(H,13,14)/b37-25+,45-36?;. The highest BCUT2D eigenvalue weighted by Crippen LogP contribution is 2.60. The Morgan fingerprint density at radius 1 is 0.958 bits per heavy atom. The number of aliphatic imine (C=N–C) groups is 1. The minimum absolute atomic E-state index is 0.0440. The largest absolute Gasteiger partial charge is 0.507 e. The molecule has 0 aromatic heterocycles. The van der Waals surface area contributed by atoms with Gasteiger partial charge in [0.15, 0.2) is 0 Å². The highest BCUT2D eigenvalue weighted by atomic mass is 35.5. The number of nitrogens with one attached hydrogen (secondary N) is 3. The fourth-order valence-electron chi connectivity index (χ4n) is 12.1. The number of ether oxygens (including phenoxy) is 1. The summed E-state index contributed by atoms with van der Waals surface area (Å²) in [5.74, 6) is 3.77. The van der Waals surface area contributed by atoms with E-state index in [1.165, 1.54) is 71.8 Å². The van der Waals surface area contributed by atoms with E-state index in [-0.39, 0.29) is 40.7 Å². The highest BCUT2D eigenvalue weighted by molar-refractivity contribution is 6.31. The molecule has 2 aromatic rings. The molecule has 2 aliphatic carbocycles. The molecule has 0 bridgehead atoms. The summed E-state index contributed by atoms with van der Waals surface area (Å²) in [7, 11) is 3.21. The Bertz CT molecular complexity index is 2300. The summed E-state index contributed by atoms with van der Waals surface area (Å²) < 4.78 is 5.13. The molecule has 2 unspecified atom stereocenters. The normalized spacial score (nSPS) is 25.5. The second kappa shape index (κ2) is 23.6. The SMILES string of the molecule is C#Cc1cc(Cl)c(CNC=O)c(OC)c1.CN=C(N)/C(=C\C(=N)c1ccccc1O)N1CCN(C2CCN(C3CCN(C4CC5(CC(C(=O)NC(C(=O)N6CCCC6C)C(C)(C)C)C5)C4)CC3)CC2)CC1. The topological polar surface area (TPSA) is 183 Å². The van der Waals surface area contributed by atoms with Crippen molar-refractivity contribution in [3.8, 4) is 23.8 Å². The van der Waals surface area contributed by atoms with Crippen LogP contribution in [0.1, 0.15) is 109 Å². The number of phenols is 1. The number of piperidine rings is 2. The van der Waals surface area contributed by atoms with E-state index in [0.29, 0.717) is 69.8 Å². The van der Waals surface area contributed by atoms with Gasteiger partial charge < -0.3 is 51.2 Å². The molecule has 2 saturated carbocycles. The molecule has 6 N–H and O–H groups in total. The molecule has 4 saturated heterocycles. The van der Waals surface area contributed by atoms with E-state index in [4.69, 9.17) is 33.9 Å². The average molecular weight is 996 g/mol. The van der Waals surface area contributed by atoms with E-state index in [1.807, 2.05) is 11.0 Å². The van der Waals surface area contributed by atoms with Crippen molar-refractivity contribution in [1.82, 2.24) is 35.1 Å². The number of phenolic OH excluding ortho intramolecular Hbond substituents is 1. The number of likely N-dealkylation sites (tertiary alicyclic amines) is 3. The molecular weight excluding hydrogens is 916 g/mol. The summed E-state index contributed by atoms with van der Waals surface area (Å²) in [6.45, 7) is 17.7. The van der Waals surface area contributed by atoms with Crippen LogP contribution in [0.15, 0.2) is 53.2 Å². The summed E-state index contributed by atoms with van der Waals surface area (Å²) in [6, 6.07) is 12.0. The molecule has 15 nitrogen and oxygen atoms in total. The number of nitrogens with two attached hydrogens (primary N) is 1. The van der Waals surface area contributed by atoms with Crippen LogP contribution in [0.4, 0.5) is 0 Å². The molecule has 8 rings (SSSR count).